The van der Waals surface area contributed by atoms with Crippen LogP contribution in [0.5, 0.6) is 0 Å². The van der Waals surface area contributed by atoms with Crippen molar-refractivity contribution < 1.29 is 9.90 Å². The van der Waals surface area contributed by atoms with Crippen LogP contribution in [-0.4, -0.2) is 22.2 Å². The summed E-state index contributed by atoms with van der Waals surface area (Å²) in [5.74, 6) is -0.899. The van der Waals surface area contributed by atoms with Gasteiger partial charge in [0.05, 0.1) is 0 Å². The van der Waals surface area contributed by atoms with E-state index in [1.165, 1.54) is 0 Å². The van der Waals surface area contributed by atoms with E-state index in [-0.39, 0.29) is 6.54 Å². The van der Waals surface area contributed by atoms with Gasteiger partial charge in [0.2, 0.25) is 0 Å². The second-order valence-corrected chi connectivity index (χ2v) is 2.22. The molecule has 0 aliphatic rings. The Balaban J connectivity index is 2.79. The highest BCUT2D eigenvalue weighted by molar-refractivity contribution is 5.72. The minimum absolute atomic E-state index is 0.115. The van der Waals surface area contributed by atoms with Gasteiger partial charge in [-0.2, -0.15) is 0 Å². The molecule has 1 rings (SSSR count). The van der Waals surface area contributed by atoms with Crippen LogP contribution in [0.25, 0.3) is 0 Å². The molecule has 0 bridgehead atoms. The quantitative estimate of drug-likeness (QED) is 0.647. The average Bonchev–Trinajstić information content (AvgIpc) is 2.40. The van der Waals surface area contributed by atoms with Crippen LogP contribution < -0.4 is 5.73 Å². The van der Waals surface area contributed by atoms with Crippen molar-refractivity contribution in [1.29, 1.82) is 0 Å². The van der Waals surface area contributed by atoms with Gasteiger partial charge in [0.1, 0.15) is 6.04 Å². The van der Waals surface area contributed by atoms with E-state index in [1.807, 2.05) is 0 Å². The molecule has 0 aliphatic heterocycles. The second kappa shape index (κ2) is 3.21. The monoisotopic (exact) mass is 154 g/mol. The van der Waals surface area contributed by atoms with Crippen molar-refractivity contribution in [3.8, 4) is 0 Å². The van der Waals surface area contributed by atoms with Crippen LogP contribution in [0.1, 0.15) is 6.04 Å². The molecule has 60 valence electrons. The van der Waals surface area contributed by atoms with Gasteiger partial charge in [0, 0.05) is 18.9 Å². The highest BCUT2D eigenvalue weighted by Gasteiger charge is 2.15. The smallest absolute Gasteiger partial charge is 0.327 e. The number of carboxylic acid groups (broad SMARTS) is 1. The third kappa shape index (κ3) is 1.59. The fraction of sp³-hybridized carbons (Fsp3) is 0.286. The molecule has 0 saturated carbocycles. The highest BCUT2D eigenvalue weighted by atomic mass is 16.4. The third-order valence-corrected chi connectivity index (χ3v) is 1.50. The summed E-state index contributed by atoms with van der Waals surface area (Å²) >= 11 is 0. The number of nitrogens with two attached hydrogens (primary N) is 1. The van der Waals surface area contributed by atoms with Gasteiger partial charge < -0.3 is 15.4 Å². The fourth-order valence-corrected chi connectivity index (χ4v) is 0.906. The lowest BCUT2D eigenvalue weighted by molar-refractivity contribution is -0.140. The summed E-state index contributed by atoms with van der Waals surface area (Å²) in [6.45, 7) is 0.115. The standard InChI is InChI=1S/C7H10N2O2/c8-5-6(7(10)11)9-3-1-2-4-9/h1-4,6H,5,8H2,(H,10,11). The van der Waals surface area contributed by atoms with Gasteiger partial charge in [-0.3, -0.25) is 0 Å². The SMILES string of the molecule is NCC(C(=O)O)n1cccc1. The van der Waals surface area contributed by atoms with Gasteiger partial charge in [-0.05, 0) is 12.1 Å². The zero-order chi connectivity index (χ0) is 8.27. The Morgan fingerprint density at radius 2 is 2.09 bits per heavy atom. The molecule has 1 heterocycles. The maximum absolute atomic E-state index is 10.5. The molecule has 1 atom stereocenters. The predicted octanol–water partition coefficient (Wildman–Crippen LogP) is 0.0725. The summed E-state index contributed by atoms with van der Waals surface area (Å²) in [6.07, 6.45) is 3.37. The summed E-state index contributed by atoms with van der Waals surface area (Å²) in [5.41, 5.74) is 5.26. The molecule has 0 amide bonds. The third-order valence-electron chi connectivity index (χ3n) is 1.50. The number of aliphatic carboxylic acids is 1. The maximum Gasteiger partial charge on any atom is 0.327 e. The van der Waals surface area contributed by atoms with Crippen LogP contribution in [0.2, 0.25) is 0 Å². The molecule has 11 heavy (non-hydrogen) atoms. The van der Waals surface area contributed by atoms with Crippen molar-refractivity contribution in [2.75, 3.05) is 6.54 Å². The van der Waals surface area contributed by atoms with Gasteiger partial charge in [-0.25, -0.2) is 4.79 Å². The highest BCUT2D eigenvalue weighted by Crippen LogP contribution is 2.04. The fourth-order valence-electron chi connectivity index (χ4n) is 0.906. The molecule has 0 radical (unpaired) electrons. The predicted molar refractivity (Wildman–Crippen MR) is 40.2 cm³/mol. The molecule has 0 saturated heterocycles. The first kappa shape index (κ1) is 7.81. The Bertz CT molecular complexity index is 231. The van der Waals surface area contributed by atoms with E-state index in [9.17, 15) is 4.79 Å². The average molecular weight is 154 g/mol. The van der Waals surface area contributed by atoms with Gasteiger partial charge in [0.15, 0.2) is 0 Å². The number of hydrogen-bond donors (Lipinski definition) is 2. The topological polar surface area (TPSA) is 68.2 Å². The van der Waals surface area contributed by atoms with Gasteiger partial charge in [0.25, 0.3) is 0 Å². The van der Waals surface area contributed by atoms with Crippen LogP contribution in [-0.2, 0) is 4.79 Å². The van der Waals surface area contributed by atoms with Crippen molar-refractivity contribution in [3.05, 3.63) is 24.5 Å². The van der Waals surface area contributed by atoms with Gasteiger partial charge in [-0.1, -0.05) is 0 Å². The largest absolute Gasteiger partial charge is 0.480 e. The molecular weight excluding hydrogens is 144 g/mol. The van der Waals surface area contributed by atoms with Crippen molar-refractivity contribution in [2.24, 2.45) is 5.73 Å². The second-order valence-electron chi connectivity index (χ2n) is 2.22. The van der Waals surface area contributed by atoms with Crippen LogP contribution >= 0.6 is 0 Å². The number of carboxylic acids is 1. The van der Waals surface area contributed by atoms with E-state index >= 15 is 0 Å². The Morgan fingerprint density at radius 3 is 2.45 bits per heavy atom. The molecule has 4 nitrogen and oxygen atoms in total. The molecule has 0 aromatic carbocycles. The van der Waals surface area contributed by atoms with E-state index in [1.54, 1.807) is 29.1 Å². The van der Waals surface area contributed by atoms with Crippen molar-refractivity contribution in [1.82, 2.24) is 4.57 Å². The molecule has 1 aromatic rings. The van der Waals surface area contributed by atoms with Crippen molar-refractivity contribution >= 4 is 5.97 Å². The minimum Gasteiger partial charge on any atom is -0.480 e. The number of nitrogens with zero attached hydrogens (tertiary/aromatic N) is 1. The van der Waals surface area contributed by atoms with E-state index in [2.05, 4.69) is 0 Å². The summed E-state index contributed by atoms with van der Waals surface area (Å²) < 4.78 is 1.57. The zero-order valence-electron chi connectivity index (χ0n) is 5.97. The van der Waals surface area contributed by atoms with E-state index in [4.69, 9.17) is 10.8 Å². The first-order chi connectivity index (χ1) is 5.25. The zero-order valence-corrected chi connectivity index (χ0v) is 5.97. The summed E-state index contributed by atoms with van der Waals surface area (Å²) in [5, 5.41) is 8.64. The van der Waals surface area contributed by atoms with Crippen LogP contribution in [0, 0.1) is 0 Å². The Morgan fingerprint density at radius 1 is 1.55 bits per heavy atom. The van der Waals surface area contributed by atoms with Gasteiger partial charge >= 0.3 is 5.97 Å². The summed E-state index contributed by atoms with van der Waals surface area (Å²) in [6, 6.07) is 2.90. The Hall–Kier alpha value is -1.29. The van der Waals surface area contributed by atoms with Crippen LogP contribution in [0.15, 0.2) is 24.5 Å². The van der Waals surface area contributed by atoms with Crippen LogP contribution in [0.4, 0.5) is 0 Å². The Kier molecular flexibility index (Phi) is 2.28. The molecule has 1 aromatic heterocycles. The first-order valence-electron chi connectivity index (χ1n) is 3.31. The van der Waals surface area contributed by atoms with E-state index < -0.39 is 12.0 Å². The van der Waals surface area contributed by atoms with Gasteiger partial charge in [-0.15, -0.1) is 0 Å². The molecular formula is C7H10N2O2. The molecule has 4 heteroatoms. The van der Waals surface area contributed by atoms with E-state index in [0.29, 0.717) is 0 Å². The Labute approximate surface area is 64.2 Å². The summed E-state index contributed by atoms with van der Waals surface area (Å²) in [4.78, 5) is 10.5. The molecule has 0 aliphatic carbocycles. The number of rotatable bonds is 3. The lowest BCUT2D eigenvalue weighted by Gasteiger charge is -2.10. The van der Waals surface area contributed by atoms with Crippen molar-refractivity contribution in [2.45, 2.75) is 6.04 Å². The molecule has 0 spiro atoms. The molecule has 0 fully saturated rings. The lowest BCUT2D eigenvalue weighted by Crippen LogP contribution is -2.25. The van der Waals surface area contributed by atoms with Crippen LogP contribution in [0.3, 0.4) is 0 Å². The van der Waals surface area contributed by atoms with E-state index in [0.717, 1.165) is 0 Å². The maximum atomic E-state index is 10.5. The normalized spacial score (nSPS) is 12.8. The van der Waals surface area contributed by atoms with Crippen molar-refractivity contribution in [3.63, 3.8) is 0 Å². The lowest BCUT2D eigenvalue weighted by atomic mass is 10.3. The number of carbonyl (C=O) groups is 1. The molecule has 1 unspecified atom stereocenters. The first-order valence-corrected chi connectivity index (χ1v) is 3.31. The molecule has 3 N–H and O–H groups in total. The minimum atomic E-state index is -0.899. The number of aromatic nitrogens is 1. The number of hydrogen-bond acceptors (Lipinski definition) is 2. The summed E-state index contributed by atoms with van der Waals surface area (Å²) in [7, 11) is 0.